The molecule has 0 radical (unpaired) electrons. The number of aromatic carboxylic acids is 1. The van der Waals surface area contributed by atoms with Gasteiger partial charge >= 0.3 is 5.97 Å². The molecule has 8 heteroatoms. The lowest BCUT2D eigenvalue weighted by molar-refractivity contribution is 0.0695. The third-order valence-corrected chi connectivity index (χ3v) is 5.93. The fraction of sp³-hybridized carbons (Fsp3) is 0.273. The fourth-order valence-electron chi connectivity index (χ4n) is 4.33. The van der Waals surface area contributed by atoms with E-state index in [1.54, 1.807) is 12.1 Å². The summed E-state index contributed by atoms with van der Waals surface area (Å²) in [5.74, 6) is -3.40. The van der Waals surface area contributed by atoms with Gasteiger partial charge in [-0.2, -0.15) is 0 Å². The molecule has 3 N–H and O–H groups in total. The number of nitrogen functional groups attached to an aromatic ring is 1. The van der Waals surface area contributed by atoms with Crippen LogP contribution in [0.25, 0.3) is 22.0 Å². The summed E-state index contributed by atoms with van der Waals surface area (Å²) in [5.41, 5.74) is 5.88. The fourth-order valence-corrected chi connectivity index (χ4v) is 4.33. The number of hydrogen-bond acceptors (Lipinski definition) is 4. The SMILES string of the molecule is CN1Cc2ccc(-c3c(F)c(N)c4c(=O)c(C(=O)O)cn(C5CC5)c4c3F)cc2C1. The van der Waals surface area contributed by atoms with Gasteiger partial charge in [-0.05, 0) is 42.6 Å². The lowest BCUT2D eigenvalue weighted by atomic mass is 9.96. The lowest BCUT2D eigenvalue weighted by Gasteiger charge is -2.17. The summed E-state index contributed by atoms with van der Waals surface area (Å²) in [4.78, 5) is 26.3. The number of carboxylic acid groups (broad SMARTS) is 1. The zero-order valence-corrected chi connectivity index (χ0v) is 16.2. The van der Waals surface area contributed by atoms with Crippen LogP contribution in [0.15, 0.2) is 29.2 Å². The van der Waals surface area contributed by atoms with Gasteiger partial charge in [-0.1, -0.05) is 12.1 Å². The van der Waals surface area contributed by atoms with Gasteiger partial charge in [0.1, 0.15) is 5.56 Å². The highest BCUT2D eigenvalue weighted by molar-refractivity contribution is 6.00. The van der Waals surface area contributed by atoms with E-state index in [1.807, 2.05) is 13.1 Å². The van der Waals surface area contributed by atoms with Gasteiger partial charge in [-0.25, -0.2) is 13.6 Å². The molecule has 2 aliphatic rings. The summed E-state index contributed by atoms with van der Waals surface area (Å²) in [6.45, 7) is 1.43. The molecular weight excluding hydrogens is 392 g/mol. The Morgan fingerprint density at radius 2 is 1.87 bits per heavy atom. The van der Waals surface area contributed by atoms with E-state index >= 15 is 8.78 Å². The molecule has 154 valence electrons. The first-order valence-corrected chi connectivity index (χ1v) is 9.67. The van der Waals surface area contributed by atoms with Gasteiger partial charge in [0, 0.05) is 25.3 Å². The molecule has 1 aliphatic heterocycles. The number of hydrogen-bond donors (Lipinski definition) is 2. The van der Waals surface area contributed by atoms with Crippen molar-refractivity contribution in [1.82, 2.24) is 9.47 Å². The number of halogens is 2. The molecule has 1 saturated carbocycles. The first kappa shape index (κ1) is 18.7. The molecule has 1 aromatic heterocycles. The van der Waals surface area contributed by atoms with Crippen LogP contribution in [0, 0.1) is 11.6 Å². The van der Waals surface area contributed by atoms with Crippen molar-refractivity contribution in [3.8, 4) is 11.1 Å². The van der Waals surface area contributed by atoms with Crippen molar-refractivity contribution >= 4 is 22.6 Å². The topological polar surface area (TPSA) is 88.6 Å². The van der Waals surface area contributed by atoms with E-state index in [9.17, 15) is 14.7 Å². The Kier molecular flexibility index (Phi) is 3.98. The maximum absolute atomic E-state index is 15.8. The van der Waals surface area contributed by atoms with Crippen LogP contribution in [0.1, 0.15) is 40.4 Å². The van der Waals surface area contributed by atoms with Crippen LogP contribution >= 0.6 is 0 Å². The van der Waals surface area contributed by atoms with Crippen molar-refractivity contribution in [2.45, 2.75) is 32.0 Å². The number of nitrogens with two attached hydrogens (primary N) is 1. The van der Waals surface area contributed by atoms with Crippen LogP contribution in [0.4, 0.5) is 14.5 Å². The average molecular weight is 411 g/mol. The van der Waals surface area contributed by atoms with Crippen molar-refractivity contribution in [2.24, 2.45) is 0 Å². The average Bonchev–Trinajstić information content (AvgIpc) is 3.46. The highest BCUT2D eigenvalue weighted by Crippen LogP contribution is 2.42. The zero-order valence-electron chi connectivity index (χ0n) is 16.2. The third-order valence-electron chi connectivity index (χ3n) is 5.93. The minimum atomic E-state index is -1.46. The maximum Gasteiger partial charge on any atom is 0.341 e. The van der Waals surface area contributed by atoms with Crippen LogP contribution in [-0.4, -0.2) is 27.6 Å². The summed E-state index contributed by atoms with van der Waals surface area (Å²) < 4.78 is 32.5. The molecule has 5 rings (SSSR count). The Balaban J connectivity index is 1.85. The Morgan fingerprint density at radius 1 is 1.17 bits per heavy atom. The highest BCUT2D eigenvalue weighted by atomic mass is 19.1. The molecule has 6 nitrogen and oxygen atoms in total. The van der Waals surface area contributed by atoms with E-state index in [-0.39, 0.29) is 17.1 Å². The zero-order chi connectivity index (χ0) is 21.3. The quantitative estimate of drug-likeness (QED) is 0.644. The highest BCUT2D eigenvalue weighted by Gasteiger charge is 2.32. The molecule has 2 aromatic carbocycles. The van der Waals surface area contributed by atoms with E-state index < -0.39 is 39.7 Å². The second-order valence-electron chi connectivity index (χ2n) is 8.11. The number of carboxylic acids is 1. The van der Waals surface area contributed by atoms with E-state index in [1.165, 1.54) is 4.57 Å². The van der Waals surface area contributed by atoms with Crippen LogP contribution in [0.3, 0.4) is 0 Å². The van der Waals surface area contributed by atoms with Crippen molar-refractivity contribution < 1.29 is 18.7 Å². The van der Waals surface area contributed by atoms with Crippen LogP contribution in [-0.2, 0) is 13.1 Å². The second-order valence-corrected chi connectivity index (χ2v) is 8.11. The minimum absolute atomic E-state index is 0.140. The smallest absolute Gasteiger partial charge is 0.341 e. The van der Waals surface area contributed by atoms with E-state index in [0.717, 1.165) is 23.9 Å². The van der Waals surface area contributed by atoms with Crippen molar-refractivity contribution in [3.05, 3.63) is 62.9 Å². The van der Waals surface area contributed by atoms with Crippen LogP contribution in [0.2, 0.25) is 0 Å². The molecule has 0 amide bonds. The first-order chi connectivity index (χ1) is 14.3. The number of nitrogens with zero attached hydrogens (tertiary/aromatic N) is 2. The standard InChI is InChI=1S/C22H19F2N3O3/c1-26-7-11-3-2-10(6-12(11)8-26)15-17(23)19(25)16-20(18(15)24)27(13-4-5-13)9-14(21(16)28)22(29)30/h2-3,6,9,13H,4-5,7-8,25H2,1H3,(H,29,30). The molecule has 0 bridgehead atoms. The molecule has 1 fully saturated rings. The summed E-state index contributed by atoms with van der Waals surface area (Å²) in [6, 6.07) is 5.09. The number of benzene rings is 2. The van der Waals surface area contributed by atoms with Gasteiger partial charge in [0.25, 0.3) is 0 Å². The van der Waals surface area contributed by atoms with Crippen molar-refractivity contribution in [3.63, 3.8) is 0 Å². The first-order valence-electron chi connectivity index (χ1n) is 9.67. The van der Waals surface area contributed by atoms with Crippen LogP contribution < -0.4 is 11.2 Å². The lowest BCUT2D eigenvalue weighted by Crippen LogP contribution is -2.21. The Bertz CT molecular complexity index is 1310. The van der Waals surface area contributed by atoms with Crippen molar-refractivity contribution in [2.75, 3.05) is 12.8 Å². The molecular formula is C22H19F2N3O3. The Morgan fingerprint density at radius 3 is 2.53 bits per heavy atom. The second kappa shape index (κ2) is 6.37. The number of aromatic nitrogens is 1. The summed E-state index contributed by atoms with van der Waals surface area (Å²) in [5, 5.41) is 8.96. The predicted molar refractivity (Wildman–Crippen MR) is 108 cm³/mol. The predicted octanol–water partition coefficient (Wildman–Crippen LogP) is 3.51. The molecule has 0 saturated heterocycles. The van der Waals surface area contributed by atoms with E-state index in [0.29, 0.717) is 24.9 Å². The summed E-state index contributed by atoms with van der Waals surface area (Å²) in [7, 11) is 1.96. The van der Waals surface area contributed by atoms with Gasteiger partial charge in [0.05, 0.1) is 22.2 Å². The summed E-state index contributed by atoms with van der Waals surface area (Å²) in [6.07, 6.45) is 2.58. The molecule has 3 aromatic rings. The van der Waals surface area contributed by atoms with Gasteiger partial charge in [0.2, 0.25) is 5.43 Å². The molecule has 0 unspecified atom stereocenters. The van der Waals surface area contributed by atoms with Crippen LogP contribution in [0.5, 0.6) is 0 Å². The maximum atomic E-state index is 15.8. The number of fused-ring (bicyclic) bond motifs is 2. The molecule has 1 aliphatic carbocycles. The Labute approximate surface area is 170 Å². The number of pyridine rings is 1. The van der Waals surface area contributed by atoms with Gasteiger partial charge in [-0.15, -0.1) is 0 Å². The Hall–Kier alpha value is -3.26. The summed E-state index contributed by atoms with van der Waals surface area (Å²) >= 11 is 0. The number of rotatable bonds is 3. The molecule has 0 atom stereocenters. The number of anilines is 1. The van der Waals surface area contributed by atoms with Gasteiger partial charge in [-0.3, -0.25) is 9.69 Å². The van der Waals surface area contributed by atoms with Gasteiger partial charge in [0.15, 0.2) is 11.6 Å². The third kappa shape index (κ3) is 2.64. The minimum Gasteiger partial charge on any atom is -0.477 e. The van der Waals surface area contributed by atoms with Crippen molar-refractivity contribution in [1.29, 1.82) is 0 Å². The van der Waals surface area contributed by atoms with E-state index in [4.69, 9.17) is 5.73 Å². The monoisotopic (exact) mass is 411 g/mol. The largest absolute Gasteiger partial charge is 0.477 e. The number of carbonyl (C=O) groups is 1. The molecule has 0 spiro atoms. The van der Waals surface area contributed by atoms with E-state index in [2.05, 4.69) is 4.90 Å². The molecule has 2 heterocycles. The van der Waals surface area contributed by atoms with Gasteiger partial charge < -0.3 is 15.4 Å². The molecule has 30 heavy (non-hydrogen) atoms. The normalized spacial score (nSPS) is 16.2.